The second-order valence-electron chi connectivity index (χ2n) is 14.4. The molecule has 268 valence electrons. The summed E-state index contributed by atoms with van der Waals surface area (Å²) in [6, 6.07) is 20.0. The van der Waals surface area contributed by atoms with Gasteiger partial charge in [0, 0.05) is 29.2 Å². The number of carbonyl (C=O) groups excluding carboxylic acids is 2. The third-order valence-corrected chi connectivity index (χ3v) is 13.5. The smallest absolute Gasteiger partial charge is 0.264 e. The highest BCUT2D eigenvalue weighted by Crippen LogP contribution is 2.46. The summed E-state index contributed by atoms with van der Waals surface area (Å²) in [6.07, 6.45) is 6.03. The van der Waals surface area contributed by atoms with Gasteiger partial charge in [0.2, 0.25) is 10.0 Å². The highest BCUT2D eigenvalue weighted by molar-refractivity contribution is 7.90. The second-order valence-corrected chi connectivity index (χ2v) is 16.9. The zero-order chi connectivity index (χ0) is 35.5. The van der Waals surface area contributed by atoms with Gasteiger partial charge in [0.05, 0.1) is 23.1 Å². The van der Waals surface area contributed by atoms with Crippen LogP contribution in [0, 0.1) is 17.8 Å². The number of hydrogen-bond acceptors (Lipinski definition) is 7. The van der Waals surface area contributed by atoms with Crippen molar-refractivity contribution < 1.29 is 27.9 Å². The van der Waals surface area contributed by atoms with Gasteiger partial charge in [0.25, 0.3) is 11.8 Å². The predicted octanol–water partition coefficient (Wildman–Crippen LogP) is 6.52. The summed E-state index contributed by atoms with van der Waals surface area (Å²) < 4.78 is 35.8. The topological polar surface area (TPSA) is 125 Å². The minimum absolute atomic E-state index is 0.00930. The number of halogens is 1. The number of aliphatic hydroxyl groups excluding tert-OH is 1. The number of rotatable bonds is 3. The molecule has 11 heteroatoms. The van der Waals surface area contributed by atoms with Crippen molar-refractivity contribution >= 4 is 39.1 Å². The van der Waals surface area contributed by atoms with Crippen LogP contribution in [-0.4, -0.2) is 55.8 Å². The fourth-order valence-electron chi connectivity index (χ4n) is 7.90. The number of benzene rings is 3. The van der Waals surface area contributed by atoms with Crippen LogP contribution >= 0.6 is 11.6 Å². The maximum Gasteiger partial charge on any atom is 0.264 e. The molecule has 3 N–H and O–H groups in total. The molecule has 0 unspecified atom stereocenters. The monoisotopic (exact) mass is 721 g/mol. The van der Waals surface area contributed by atoms with E-state index < -0.39 is 26.7 Å². The quantitative estimate of drug-likeness (QED) is 0.282. The van der Waals surface area contributed by atoms with Gasteiger partial charge in [-0.1, -0.05) is 49.2 Å². The first-order valence-electron chi connectivity index (χ1n) is 17.8. The van der Waals surface area contributed by atoms with E-state index in [1.165, 1.54) is 0 Å². The number of amides is 2. The number of ether oxygens (including phenoxy) is 1. The number of hydrogen-bond donors (Lipinski definition) is 3. The van der Waals surface area contributed by atoms with Crippen LogP contribution in [0.25, 0.3) is 0 Å². The van der Waals surface area contributed by atoms with Crippen LogP contribution in [0.15, 0.2) is 66.7 Å². The van der Waals surface area contributed by atoms with Gasteiger partial charge < -0.3 is 20.1 Å². The standard InChI is InChI=1S/C39H48ClN3O6S/c1-26-9-8-19-39(25-44,41-37(45)28-10-4-3-5-11-28)34-17-14-31(34)23-43-20-7-6-12-29-21-33(40)16-13-32(29)24-49-36-18-15-30(22-35(36)43)38(46)42-50(47,48)27(26)2/h3-5,10-11,13,15-16,18,21-22,26-27,31,34,44H,6-9,12,14,17,19-20,23-25H2,1-2H3,(H,41,45)(H,42,46)/t26-,27+,31-,34+,39+/m0/s1. The lowest BCUT2D eigenvalue weighted by Crippen LogP contribution is -2.62. The lowest BCUT2D eigenvalue weighted by Gasteiger charge is -2.51. The lowest BCUT2D eigenvalue weighted by molar-refractivity contribution is 0.00750. The average Bonchev–Trinajstić information content (AvgIpc) is 3.12. The van der Waals surface area contributed by atoms with Crippen LogP contribution in [0.5, 0.6) is 5.75 Å². The Balaban J connectivity index is 1.40. The summed E-state index contributed by atoms with van der Waals surface area (Å²) in [6.45, 7) is 4.88. The summed E-state index contributed by atoms with van der Waals surface area (Å²) >= 11 is 6.36. The Hall–Kier alpha value is -3.60. The SMILES string of the molecule is C[C@@H]1[C@@H](C)CCC[C@](CO)(NC(=O)c2ccccc2)[C@@H]2CC[C@H]2CN2CCCCc3cc(Cl)ccc3COc3ccc(cc32)C(=O)NS1(=O)=O. The number of aliphatic hydroxyl groups is 1. The molecule has 3 aromatic carbocycles. The van der Waals surface area contributed by atoms with E-state index in [-0.39, 0.29) is 35.8 Å². The number of sulfonamides is 1. The number of aryl methyl sites for hydroxylation is 1. The van der Waals surface area contributed by atoms with Crippen LogP contribution in [0.1, 0.15) is 90.6 Å². The van der Waals surface area contributed by atoms with Crippen molar-refractivity contribution in [3.05, 3.63) is 94.0 Å². The van der Waals surface area contributed by atoms with E-state index in [0.717, 1.165) is 48.9 Å². The van der Waals surface area contributed by atoms with E-state index in [0.29, 0.717) is 55.3 Å². The first kappa shape index (κ1) is 36.2. The van der Waals surface area contributed by atoms with Gasteiger partial charge in [-0.3, -0.25) is 9.59 Å². The molecule has 0 aromatic heterocycles. The molecular weight excluding hydrogens is 674 g/mol. The van der Waals surface area contributed by atoms with E-state index in [9.17, 15) is 23.1 Å². The Kier molecular flexibility index (Phi) is 11.1. The number of nitrogens with one attached hydrogen (secondary N) is 2. The van der Waals surface area contributed by atoms with E-state index in [1.807, 2.05) is 43.3 Å². The molecule has 1 fully saturated rings. The van der Waals surface area contributed by atoms with Gasteiger partial charge in [-0.05, 0) is 123 Å². The molecule has 2 amide bonds. The van der Waals surface area contributed by atoms with Crippen molar-refractivity contribution in [2.75, 3.05) is 24.6 Å². The number of nitrogens with zero attached hydrogens (tertiary/aromatic N) is 1. The first-order valence-corrected chi connectivity index (χ1v) is 19.8. The Bertz CT molecular complexity index is 1800. The van der Waals surface area contributed by atoms with Crippen LogP contribution < -0.4 is 19.7 Å². The third-order valence-electron chi connectivity index (χ3n) is 11.3. The Labute approximate surface area is 300 Å². The zero-order valence-corrected chi connectivity index (χ0v) is 30.4. The van der Waals surface area contributed by atoms with Crippen LogP contribution in [0.2, 0.25) is 5.02 Å². The molecule has 0 saturated heterocycles. The molecule has 9 nitrogen and oxygen atoms in total. The fraction of sp³-hybridized carbons (Fsp3) is 0.487. The minimum Gasteiger partial charge on any atom is -0.487 e. The van der Waals surface area contributed by atoms with Gasteiger partial charge in [0.15, 0.2) is 0 Å². The maximum atomic E-state index is 13.7. The zero-order valence-electron chi connectivity index (χ0n) is 28.9. The summed E-state index contributed by atoms with van der Waals surface area (Å²) in [5.74, 6) is -0.445. The molecule has 0 radical (unpaired) electrons. The van der Waals surface area contributed by atoms with E-state index in [2.05, 4.69) is 14.9 Å². The van der Waals surface area contributed by atoms with Crippen molar-refractivity contribution in [3.63, 3.8) is 0 Å². The highest BCUT2D eigenvalue weighted by atomic mass is 35.5. The van der Waals surface area contributed by atoms with Crippen molar-refractivity contribution in [2.45, 2.75) is 82.6 Å². The third kappa shape index (κ3) is 7.82. The largest absolute Gasteiger partial charge is 0.487 e. The molecule has 1 aliphatic carbocycles. The predicted molar refractivity (Wildman–Crippen MR) is 196 cm³/mol. The Morgan fingerprint density at radius 2 is 1.82 bits per heavy atom. The van der Waals surface area contributed by atoms with Crippen molar-refractivity contribution in [1.82, 2.24) is 10.0 Å². The average molecular weight is 722 g/mol. The molecule has 0 spiro atoms. The molecule has 2 heterocycles. The van der Waals surface area contributed by atoms with Crippen LogP contribution in [0.3, 0.4) is 0 Å². The Morgan fingerprint density at radius 3 is 2.56 bits per heavy atom. The summed E-state index contributed by atoms with van der Waals surface area (Å²) in [4.78, 5) is 29.4. The summed E-state index contributed by atoms with van der Waals surface area (Å²) in [7, 11) is -4.01. The molecular formula is C39H48ClN3O6S. The normalized spacial score (nSPS) is 27.2. The molecule has 6 rings (SSSR count). The molecule has 3 aliphatic rings. The maximum absolute atomic E-state index is 13.7. The molecule has 50 heavy (non-hydrogen) atoms. The Morgan fingerprint density at radius 1 is 1.02 bits per heavy atom. The van der Waals surface area contributed by atoms with Crippen molar-refractivity contribution in [2.24, 2.45) is 17.8 Å². The van der Waals surface area contributed by atoms with E-state index in [1.54, 1.807) is 37.3 Å². The van der Waals surface area contributed by atoms with Gasteiger partial charge in [-0.25, -0.2) is 13.1 Å². The summed E-state index contributed by atoms with van der Waals surface area (Å²) in [5.41, 5.74) is 2.78. The lowest BCUT2D eigenvalue weighted by atomic mass is 9.61. The number of carbonyl (C=O) groups is 2. The van der Waals surface area contributed by atoms with Gasteiger partial charge in [-0.15, -0.1) is 0 Å². The van der Waals surface area contributed by atoms with Gasteiger partial charge in [-0.2, -0.15) is 0 Å². The van der Waals surface area contributed by atoms with Gasteiger partial charge >= 0.3 is 0 Å². The van der Waals surface area contributed by atoms with Crippen LogP contribution in [-0.2, 0) is 23.1 Å². The molecule has 5 atom stereocenters. The fourth-order valence-corrected chi connectivity index (χ4v) is 9.41. The van der Waals surface area contributed by atoms with Gasteiger partial charge in [0.1, 0.15) is 12.4 Å². The summed E-state index contributed by atoms with van der Waals surface area (Å²) in [5, 5.41) is 14.3. The van der Waals surface area contributed by atoms with Crippen molar-refractivity contribution in [1.29, 1.82) is 0 Å². The molecule has 2 bridgehead atoms. The van der Waals surface area contributed by atoms with E-state index >= 15 is 0 Å². The van der Waals surface area contributed by atoms with Crippen molar-refractivity contribution in [3.8, 4) is 5.75 Å². The highest BCUT2D eigenvalue weighted by Gasteiger charge is 2.48. The van der Waals surface area contributed by atoms with E-state index in [4.69, 9.17) is 16.3 Å². The van der Waals surface area contributed by atoms with Crippen LogP contribution in [0.4, 0.5) is 5.69 Å². The molecule has 3 aromatic rings. The molecule has 1 saturated carbocycles. The minimum atomic E-state index is -4.01. The number of fused-ring (bicyclic) bond motifs is 3. The number of anilines is 1. The molecule has 2 aliphatic heterocycles. The second kappa shape index (κ2) is 15.3. The first-order chi connectivity index (χ1) is 24.0.